The average molecular weight is 449 g/mol. The van der Waals surface area contributed by atoms with Crippen molar-refractivity contribution in [3.05, 3.63) is 107 Å². The summed E-state index contributed by atoms with van der Waals surface area (Å²) in [7, 11) is 3.77. The molecule has 1 fully saturated rings. The molecule has 3 aliphatic carbocycles. The Labute approximate surface area is 199 Å². The lowest BCUT2D eigenvalue weighted by Crippen LogP contribution is -2.58. The molecule has 1 aromatic heterocycles. The normalized spacial score (nSPS) is 29.7. The van der Waals surface area contributed by atoms with Gasteiger partial charge in [-0.05, 0) is 35.2 Å². The van der Waals surface area contributed by atoms with Crippen molar-refractivity contribution in [2.24, 2.45) is 11.8 Å². The molecule has 1 aliphatic heterocycles. The summed E-state index contributed by atoms with van der Waals surface area (Å²) < 4.78 is 6.13. The Hall–Kier alpha value is -3.37. The number of aromatic nitrogens is 1. The van der Waals surface area contributed by atoms with E-state index in [9.17, 15) is 4.79 Å². The van der Waals surface area contributed by atoms with Gasteiger partial charge < -0.3 is 14.6 Å². The molecule has 4 atom stereocenters. The van der Waals surface area contributed by atoms with E-state index in [1.807, 2.05) is 11.9 Å². The number of methoxy groups -OCH3 is 1. The molecular formula is C30H28N2O2. The van der Waals surface area contributed by atoms with Gasteiger partial charge >= 0.3 is 0 Å². The average Bonchev–Trinajstić information content (AvgIpc) is 3.42. The van der Waals surface area contributed by atoms with Crippen molar-refractivity contribution in [3.8, 4) is 0 Å². The summed E-state index contributed by atoms with van der Waals surface area (Å²) in [6, 6.07) is 25.9. The number of carbonyl (C=O) groups excluding carboxylic acids is 1. The highest BCUT2D eigenvalue weighted by Gasteiger charge is 2.69. The Morgan fingerprint density at radius 2 is 1.53 bits per heavy atom. The molecule has 0 unspecified atom stereocenters. The number of nitrogens with one attached hydrogen (secondary N) is 1. The van der Waals surface area contributed by atoms with E-state index in [0.717, 1.165) is 5.52 Å². The fourth-order valence-corrected chi connectivity index (χ4v) is 7.82. The molecule has 0 radical (unpaired) electrons. The summed E-state index contributed by atoms with van der Waals surface area (Å²) >= 11 is 0. The molecular weight excluding hydrogens is 420 g/mol. The molecule has 34 heavy (non-hydrogen) atoms. The van der Waals surface area contributed by atoms with Crippen molar-refractivity contribution in [2.45, 2.75) is 30.4 Å². The number of hydrogen-bond acceptors (Lipinski definition) is 2. The molecule has 1 amide bonds. The number of H-pyrrole nitrogens is 1. The van der Waals surface area contributed by atoms with Gasteiger partial charge in [-0.1, -0.05) is 66.7 Å². The van der Waals surface area contributed by atoms with Gasteiger partial charge in [-0.15, -0.1) is 0 Å². The second-order valence-corrected chi connectivity index (χ2v) is 10.1. The second kappa shape index (κ2) is 6.83. The Morgan fingerprint density at radius 3 is 2.21 bits per heavy atom. The first kappa shape index (κ1) is 20.0. The molecule has 1 saturated heterocycles. The molecule has 2 heterocycles. The van der Waals surface area contributed by atoms with Gasteiger partial charge in [0.2, 0.25) is 5.91 Å². The van der Waals surface area contributed by atoms with Crippen molar-refractivity contribution >= 4 is 16.8 Å². The SMILES string of the molecule is CO[C@H](C)C12c3ccccc3C(c3ccccc31)[C@@H]1[C@H]2C(=O)N(C)[C@H]1c1c[nH]c2ccccc12. The largest absolute Gasteiger partial charge is 0.380 e. The van der Waals surface area contributed by atoms with Crippen molar-refractivity contribution in [1.82, 2.24) is 9.88 Å². The van der Waals surface area contributed by atoms with Crippen molar-refractivity contribution in [1.29, 1.82) is 0 Å². The summed E-state index contributed by atoms with van der Waals surface area (Å²) in [5, 5.41) is 1.20. The van der Waals surface area contributed by atoms with Crippen LogP contribution >= 0.6 is 0 Å². The van der Waals surface area contributed by atoms with E-state index >= 15 is 0 Å². The Balaban J connectivity index is 1.57. The van der Waals surface area contributed by atoms with Gasteiger partial charge in [0.05, 0.1) is 23.5 Å². The number of aromatic amines is 1. The van der Waals surface area contributed by atoms with Crippen LogP contribution in [0.15, 0.2) is 79.0 Å². The number of nitrogens with zero attached hydrogens (tertiary/aromatic N) is 1. The van der Waals surface area contributed by atoms with Gasteiger partial charge in [-0.3, -0.25) is 4.79 Å². The van der Waals surface area contributed by atoms with Crippen LogP contribution in [0.5, 0.6) is 0 Å². The number of benzene rings is 3. The van der Waals surface area contributed by atoms with Crippen LogP contribution in [-0.4, -0.2) is 36.1 Å². The summed E-state index contributed by atoms with van der Waals surface area (Å²) in [5.74, 6) is 0.328. The Morgan fingerprint density at radius 1 is 0.912 bits per heavy atom. The highest BCUT2D eigenvalue weighted by Crippen LogP contribution is 2.68. The van der Waals surface area contributed by atoms with E-state index in [1.54, 1.807) is 7.11 Å². The van der Waals surface area contributed by atoms with E-state index < -0.39 is 5.41 Å². The summed E-state index contributed by atoms with van der Waals surface area (Å²) in [6.07, 6.45) is 1.97. The van der Waals surface area contributed by atoms with Crippen LogP contribution in [0.1, 0.15) is 46.7 Å². The first-order chi connectivity index (χ1) is 16.6. The number of amides is 1. The monoisotopic (exact) mass is 448 g/mol. The Bertz CT molecular complexity index is 1410. The smallest absolute Gasteiger partial charge is 0.227 e. The zero-order valence-corrected chi connectivity index (χ0v) is 19.7. The molecule has 4 nitrogen and oxygen atoms in total. The number of carbonyl (C=O) groups is 1. The fraction of sp³-hybridized carbons (Fsp3) is 0.300. The maximum Gasteiger partial charge on any atom is 0.227 e. The highest BCUT2D eigenvalue weighted by atomic mass is 16.5. The van der Waals surface area contributed by atoms with Crippen LogP contribution < -0.4 is 0 Å². The molecule has 3 aromatic carbocycles. The number of rotatable bonds is 3. The molecule has 1 N–H and O–H groups in total. The third-order valence-corrected chi connectivity index (χ3v) is 9.07. The quantitative estimate of drug-likeness (QED) is 0.457. The van der Waals surface area contributed by atoms with Gasteiger partial charge in [0, 0.05) is 48.7 Å². The van der Waals surface area contributed by atoms with E-state index in [-0.39, 0.29) is 35.8 Å². The molecule has 0 saturated carbocycles. The van der Waals surface area contributed by atoms with Crippen molar-refractivity contribution < 1.29 is 9.53 Å². The lowest BCUT2D eigenvalue weighted by atomic mass is 9.45. The van der Waals surface area contributed by atoms with E-state index in [4.69, 9.17) is 4.74 Å². The zero-order chi connectivity index (χ0) is 23.2. The summed E-state index contributed by atoms with van der Waals surface area (Å²) in [5.41, 5.74) is 7.02. The molecule has 4 aliphatic rings. The van der Waals surface area contributed by atoms with Gasteiger partial charge in [0.25, 0.3) is 0 Å². The van der Waals surface area contributed by atoms with Gasteiger partial charge in [-0.25, -0.2) is 0 Å². The predicted octanol–water partition coefficient (Wildman–Crippen LogP) is 5.39. The van der Waals surface area contributed by atoms with E-state index in [2.05, 4.69) is 90.9 Å². The lowest BCUT2D eigenvalue weighted by molar-refractivity contribution is -0.135. The van der Waals surface area contributed by atoms with E-state index in [0.29, 0.717) is 0 Å². The fourth-order valence-electron chi connectivity index (χ4n) is 7.82. The highest BCUT2D eigenvalue weighted by molar-refractivity contribution is 5.91. The van der Waals surface area contributed by atoms with Gasteiger partial charge in [0.15, 0.2) is 0 Å². The number of ether oxygens (including phenoxy) is 1. The van der Waals surface area contributed by atoms with Crippen molar-refractivity contribution in [3.63, 3.8) is 0 Å². The number of likely N-dealkylation sites (tertiary alicyclic amines) is 1. The maximum absolute atomic E-state index is 14.3. The predicted molar refractivity (Wildman–Crippen MR) is 133 cm³/mol. The first-order valence-electron chi connectivity index (χ1n) is 12.1. The minimum atomic E-state index is -0.520. The second-order valence-electron chi connectivity index (χ2n) is 10.1. The number of para-hydroxylation sites is 1. The van der Waals surface area contributed by atoms with Crippen molar-refractivity contribution in [2.75, 3.05) is 14.2 Å². The first-order valence-corrected chi connectivity index (χ1v) is 12.1. The van der Waals surface area contributed by atoms with Gasteiger partial charge in [-0.2, -0.15) is 0 Å². The maximum atomic E-state index is 14.3. The van der Waals surface area contributed by atoms with Gasteiger partial charge in [0.1, 0.15) is 0 Å². The minimum absolute atomic E-state index is 0.0104. The van der Waals surface area contributed by atoms with Crippen LogP contribution in [-0.2, 0) is 14.9 Å². The van der Waals surface area contributed by atoms with Crippen LogP contribution in [0, 0.1) is 11.8 Å². The van der Waals surface area contributed by atoms with Crippen LogP contribution in [0.4, 0.5) is 0 Å². The van der Waals surface area contributed by atoms with Crippen LogP contribution in [0.25, 0.3) is 10.9 Å². The van der Waals surface area contributed by atoms with Crippen LogP contribution in [0.3, 0.4) is 0 Å². The third kappa shape index (κ3) is 2.16. The zero-order valence-electron chi connectivity index (χ0n) is 19.7. The number of fused-ring (bicyclic) bond motifs is 1. The molecule has 170 valence electrons. The summed E-state index contributed by atoms with van der Waals surface area (Å²) in [4.78, 5) is 19.8. The molecule has 4 aromatic rings. The lowest BCUT2D eigenvalue weighted by Gasteiger charge is -2.57. The summed E-state index contributed by atoms with van der Waals surface area (Å²) in [6.45, 7) is 2.14. The standard InChI is InChI=1S/C30H28N2O2/c1-17(34-3)30-22-13-7-4-11-19(22)25(20-12-5-8-14-23(20)30)26-27(30)29(33)32(2)28(26)21-16-31-24-15-9-6-10-18(21)24/h4-17,25-28,31H,1-3H3/t17-,25?,26-,27+,28+,30?/m1/s1. The Kier molecular flexibility index (Phi) is 4.03. The van der Waals surface area contributed by atoms with E-state index in [1.165, 1.54) is 33.2 Å². The molecule has 8 rings (SSSR count). The molecule has 0 spiro atoms. The number of hydrogen-bond donors (Lipinski definition) is 1. The third-order valence-electron chi connectivity index (χ3n) is 9.07. The topological polar surface area (TPSA) is 45.3 Å². The van der Waals surface area contributed by atoms with Crippen LogP contribution in [0.2, 0.25) is 0 Å². The minimum Gasteiger partial charge on any atom is -0.380 e. The molecule has 4 heteroatoms. The molecule has 2 bridgehead atoms.